The smallest absolute Gasteiger partial charge is 0.198 e. The molecule has 5 heteroatoms. The van der Waals surface area contributed by atoms with Crippen LogP contribution in [-0.4, -0.2) is 37.5 Å². The first-order valence-corrected chi connectivity index (χ1v) is 7.26. The molecule has 2 rings (SSSR count). The Kier molecular flexibility index (Phi) is 4.24. The van der Waals surface area contributed by atoms with E-state index in [9.17, 15) is 4.79 Å². The normalized spacial score (nSPS) is 22.4. The maximum Gasteiger partial charge on any atom is 0.198 e. The Morgan fingerprint density at radius 3 is 2.14 bits per heavy atom. The molecule has 0 spiro atoms. The molecule has 1 aliphatic heterocycles. The fourth-order valence-corrected chi connectivity index (χ4v) is 2.90. The van der Waals surface area contributed by atoms with Gasteiger partial charge in [-0.2, -0.15) is 0 Å². The zero-order chi connectivity index (χ0) is 16.7. The van der Waals surface area contributed by atoms with Crippen LogP contribution in [-0.2, 0) is 9.47 Å². The van der Waals surface area contributed by atoms with E-state index in [2.05, 4.69) is 0 Å². The highest BCUT2D eigenvalue weighted by molar-refractivity contribution is 6.03. The van der Waals surface area contributed by atoms with Gasteiger partial charge in [0.05, 0.1) is 25.4 Å². The van der Waals surface area contributed by atoms with Gasteiger partial charge in [0.25, 0.3) is 0 Å². The number of methoxy groups -OCH3 is 2. The van der Waals surface area contributed by atoms with Gasteiger partial charge >= 0.3 is 0 Å². The van der Waals surface area contributed by atoms with Crippen molar-refractivity contribution in [1.29, 1.82) is 0 Å². The summed E-state index contributed by atoms with van der Waals surface area (Å²) in [6.45, 7) is 9.20. The van der Waals surface area contributed by atoms with Crippen molar-refractivity contribution in [2.45, 2.75) is 52.1 Å². The highest BCUT2D eigenvalue weighted by Gasteiger charge is 2.51. The summed E-state index contributed by atoms with van der Waals surface area (Å²) in [5, 5.41) is 0. The van der Waals surface area contributed by atoms with Crippen LogP contribution in [0.2, 0.25) is 0 Å². The van der Waals surface area contributed by atoms with Gasteiger partial charge in [0.1, 0.15) is 11.5 Å². The Bertz CT molecular complexity index is 589. The number of hydrogen-bond acceptors (Lipinski definition) is 5. The highest BCUT2D eigenvalue weighted by Crippen LogP contribution is 2.39. The standard InChI is InChI=1S/C17H24O5/c1-10-8-11(13(20-7)9-12(10)19-6)14(18)15-16(2,3)22-17(4,5)21-15/h8-9,15H,1-7H3. The van der Waals surface area contributed by atoms with Crippen molar-refractivity contribution in [2.75, 3.05) is 14.2 Å². The van der Waals surface area contributed by atoms with Gasteiger partial charge < -0.3 is 18.9 Å². The quantitative estimate of drug-likeness (QED) is 0.800. The first-order chi connectivity index (χ1) is 10.1. The fourth-order valence-electron chi connectivity index (χ4n) is 2.90. The molecule has 1 fully saturated rings. The molecule has 1 atom stereocenters. The minimum Gasteiger partial charge on any atom is -0.496 e. The minimum absolute atomic E-state index is 0.154. The number of benzene rings is 1. The summed E-state index contributed by atoms with van der Waals surface area (Å²) in [6, 6.07) is 3.49. The van der Waals surface area contributed by atoms with Gasteiger partial charge in [-0.25, -0.2) is 0 Å². The number of hydrogen-bond donors (Lipinski definition) is 0. The molecule has 0 N–H and O–H groups in total. The molecule has 5 nitrogen and oxygen atoms in total. The molecular formula is C17H24O5. The Labute approximate surface area is 131 Å². The van der Waals surface area contributed by atoms with Crippen LogP contribution in [0.1, 0.15) is 43.6 Å². The largest absolute Gasteiger partial charge is 0.496 e. The summed E-state index contributed by atoms with van der Waals surface area (Å²) < 4.78 is 22.3. The lowest BCUT2D eigenvalue weighted by atomic mass is 9.92. The van der Waals surface area contributed by atoms with Crippen LogP contribution in [0.25, 0.3) is 0 Å². The third-order valence-electron chi connectivity index (χ3n) is 3.76. The van der Waals surface area contributed by atoms with E-state index in [1.54, 1.807) is 33.1 Å². The molecule has 0 saturated carbocycles. The molecule has 1 heterocycles. The van der Waals surface area contributed by atoms with Gasteiger partial charge in [-0.1, -0.05) is 0 Å². The molecular weight excluding hydrogens is 284 g/mol. The van der Waals surface area contributed by atoms with Crippen molar-refractivity contribution in [2.24, 2.45) is 0 Å². The molecule has 1 unspecified atom stereocenters. The van der Waals surface area contributed by atoms with Crippen LogP contribution in [0.3, 0.4) is 0 Å². The van der Waals surface area contributed by atoms with Gasteiger partial charge in [0, 0.05) is 6.07 Å². The zero-order valence-corrected chi connectivity index (χ0v) is 14.3. The van der Waals surface area contributed by atoms with Gasteiger partial charge in [-0.3, -0.25) is 4.79 Å². The van der Waals surface area contributed by atoms with E-state index in [1.807, 2.05) is 20.8 Å². The van der Waals surface area contributed by atoms with Crippen LogP contribution in [0.5, 0.6) is 11.5 Å². The minimum atomic E-state index is -0.793. The van der Waals surface area contributed by atoms with E-state index in [0.29, 0.717) is 17.1 Å². The summed E-state index contributed by atoms with van der Waals surface area (Å²) in [6.07, 6.45) is -0.691. The molecule has 1 aromatic carbocycles. The van der Waals surface area contributed by atoms with Crippen molar-refractivity contribution < 1.29 is 23.7 Å². The molecule has 1 aromatic rings. The topological polar surface area (TPSA) is 54.0 Å². The van der Waals surface area contributed by atoms with E-state index in [-0.39, 0.29) is 5.78 Å². The van der Waals surface area contributed by atoms with Gasteiger partial charge in [0.2, 0.25) is 0 Å². The van der Waals surface area contributed by atoms with Gasteiger partial charge in [-0.05, 0) is 46.2 Å². The Balaban J connectivity index is 2.44. The SMILES string of the molecule is COc1cc(OC)c(C(=O)C2OC(C)(C)OC2(C)C)cc1C. The highest BCUT2D eigenvalue weighted by atomic mass is 16.8. The second kappa shape index (κ2) is 5.56. The Hall–Kier alpha value is -1.59. The average molecular weight is 308 g/mol. The second-order valence-electron chi connectivity index (χ2n) is 6.49. The number of carbonyl (C=O) groups excluding carboxylic acids is 1. The third-order valence-corrected chi connectivity index (χ3v) is 3.76. The summed E-state index contributed by atoms with van der Waals surface area (Å²) >= 11 is 0. The average Bonchev–Trinajstić information content (AvgIpc) is 2.65. The monoisotopic (exact) mass is 308 g/mol. The van der Waals surface area contributed by atoms with Crippen LogP contribution < -0.4 is 9.47 Å². The third kappa shape index (κ3) is 2.96. The van der Waals surface area contributed by atoms with Crippen LogP contribution in [0, 0.1) is 6.92 Å². The van der Waals surface area contributed by atoms with Crippen LogP contribution >= 0.6 is 0 Å². The Morgan fingerprint density at radius 2 is 1.68 bits per heavy atom. The number of aryl methyl sites for hydroxylation is 1. The molecule has 1 aliphatic rings. The zero-order valence-electron chi connectivity index (χ0n) is 14.3. The van der Waals surface area contributed by atoms with Gasteiger partial charge in [0.15, 0.2) is 17.7 Å². The molecule has 0 aromatic heterocycles. The maximum absolute atomic E-state index is 13.0. The lowest BCUT2D eigenvalue weighted by Crippen LogP contribution is -2.39. The van der Waals surface area contributed by atoms with Crippen molar-refractivity contribution in [3.8, 4) is 11.5 Å². The molecule has 0 amide bonds. The van der Waals surface area contributed by atoms with E-state index in [0.717, 1.165) is 5.56 Å². The predicted molar refractivity (Wildman–Crippen MR) is 82.7 cm³/mol. The van der Waals surface area contributed by atoms with Gasteiger partial charge in [-0.15, -0.1) is 0 Å². The summed E-state index contributed by atoms with van der Waals surface area (Å²) in [5.74, 6) is 0.199. The first kappa shape index (κ1) is 16.8. The van der Waals surface area contributed by atoms with E-state index in [1.165, 1.54) is 7.11 Å². The molecule has 22 heavy (non-hydrogen) atoms. The fraction of sp³-hybridized carbons (Fsp3) is 0.588. The molecule has 0 aliphatic carbocycles. The van der Waals surface area contributed by atoms with Crippen LogP contribution in [0.15, 0.2) is 12.1 Å². The van der Waals surface area contributed by atoms with Crippen molar-refractivity contribution in [3.05, 3.63) is 23.3 Å². The van der Waals surface area contributed by atoms with E-state index < -0.39 is 17.5 Å². The number of ketones is 1. The molecule has 122 valence electrons. The van der Waals surface area contributed by atoms with E-state index >= 15 is 0 Å². The Morgan fingerprint density at radius 1 is 1.09 bits per heavy atom. The maximum atomic E-state index is 13.0. The van der Waals surface area contributed by atoms with E-state index in [4.69, 9.17) is 18.9 Å². The second-order valence-corrected chi connectivity index (χ2v) is 6.49. The van der Waals surface area contributed by atoms with Crippen molar-refractivity contribution >= 4 is 5.78 Å². The number of Topliss-reactive ketones (excluding diaryl/α,β-unsaturated/α-hetero) is 1. The summed E-state index contributed by atoms with van der Waals surface area (Å²) in [5.41, 5.74) is 0.627. The predicted octanol–water partition coefficient (Wildman–Crippen LogP) is 3.13. The number of carbonyl (C=O) groups is 1. The summed E-state index contributed by atoms with van der Waals surface area (Å²) in [7, 11) is 3.12. The lowest BCUT2D eigenvalue weighted by molar-refractivity contribution is -0.155. The molecule has 0 bridgehead atoms. The lowest BCUT2D eigenvalue weighted by Gasteiger charge is -2.23. The van der Waals surface area contributed by atoms with Crippen molar-refractivity contribution in [1.82, 2.24) is 0 Å². The number of rotatable bonds is 4. The molecule has 0 radical (unpaired) electrons. The van der Waals surface area contributed by atoms with Crippen LogP contribution in [0.4, 0.5) is 0 Å². The van der Waals surface area contributed by atoms with Crippen molar-refractivity contribution in [3.63, 3.8) is 0 Å². The number of ether oxygens (including phenoxy) is 4. The first-order valence-electron chi connectivity index (χ1n) is 7.26. The molecule has 1 saturated heterocycles. The summed E-state index contributed by atoms with van der Waals surface area (Å²) in [4.78, 5) is 13.0.